The summed E-state index contributed by atoms with van der Waals surface area (Å²) in [4.78, 5) is 21.3. The van der Waals surface area contributed by atoms with Crippen LogP contribution in [0.15, 0.2) is 47.3 Å². The number of hydrogen-bond donors (Lipinski definition) is 1. The molecule has 0 aliphatic rings. The summed E-state index contributed by atoms with van der Waals surface area (Å²) >= 11 is 5.90. The van der Waals surface area contributed by atoms with Crippen LogP contribution >= 0.6 is 11.6 Å². The largest absolute Gasteiger partial charge is 0.309 e. The molecule has 6 heteroatoms. The molecule has 0 unspecified atom stereocenters. The van der Waals surface area contributed by atoms with Gasteiger partial charge in [-0.3, -0.25) is 9.69 Å². The molecule has 0 aliphatic heterocycles. The Morgan fingerprint density at radius 2 is 2.04 bits per heavy atom. The third kappa shape index (κ3) is 3.75. The van der Waals surface area contributed by atoms with Gasteiger partial charge in [0.15, 0.2) is 0 Å². The third-order valence-electron chi connectivity index (χ3n) is 3.48. The molecule has 0 saturated heterocycles. The maximum Gasteiger partial charge on any atom is 0.258 e. The molecule has 0 aliphatic carbocycles. The molecule has 1 N–H and O–H groups in total. The molecule has 2 aromatic carbocycles. The van der Waals surface area contributed by atoms with Gasteiger partial charge in [0.2, 0.25) is 0 Å². The van der Waals surface area contributed by atoms with Gasteiger partial charge in [-0.15, -0.1) is 0 Å². The summed E-state index contributed by atoms with van der Waals surface area (Å²) in [6.07, 6.45) is 0. The standard InChI is InChI=1S/C17H15ClFN3O/c1-22(9-11-3-2-4-13(19)7-11)10-16-20-15-6-5-12(18)8-14(15)17(23)21-16/h2-8H,9-10H2,1H3,(H,20,21,23). The van der Waals surface area contributed by atoms with Gasteiger partial charge in [-0.2, -0.15) is 0 Å². The number of H-pyrrole nitrogens is 1. The summed E-state index contributed by atoms with van der Waals surface area (Å²) in [6, 6.07) is 11.5. The van der Waals surface area contributed by atoms with Gasteiger partial charge in [0.1, 0.15) is 11.6 Å². The second-order valence-corrected chi connectivity index (χ2v) is 5.91. The van der Waals surface area contributed by atoms with Gasteiger partial charge in [-0.25, -0.2) is 9.37 Å². The first-order valence-corrected chi connectivity index (χ1v) is 7.50. The van der Waals surface area contributed by atoms with Gasteiger partial charge in [0, 0.05) is 11.6 Å². The number of nitrogens with one attached hydrogen (secondary N) is 1. The average Bonchev–Trinajstić information content (AvgIpc) is 2.48. The first-order chi connectivity index (χ1) is 11.0. The van der Waals surface area contributed by atoms with Crippen LogP contribution in [-0.4, -0.2) is 21.9 Å². The highest BCUT2D eigenvalue weighted by atomic mass is 35.5. The van der Waals surface area contributed by atoms with E-state index in [1.807, 2.05) is 18.0 Å². The number of fused-ring (bicyclic) bond motifs is 1. The summed E-state index contributed by atoms with van der Waals surface area (Å²) in [5, 5.41) is 0.967. The molecule has 4 nitrogen and oxygen atoms in total. The second-order valence-electron chi connectivity index (χ2n) is 5.48. The van der Waals surface area contributed by atoms with Crippen LogP contribution in [-0.2, 0) is 13.1 Å². The molecule has 1 aromatic heterocycles. The van der Waals surface area contributed by atoms with E-state index in [1.54, 1.807) is 24.3 Å². The Morgan fingerprint density at radius 1 is 1.22 bits per heavy atom. The molecule has 0 spiro atoms. The van der Waals surface area contributed by atoms with Crippen molar-refractivity contribution in [2.45, 2.75) is 13.1 Å². The van der Waals surface area contributed by atoms with Gasteiger partial charge in [-0.1, -0.05) is 23.7 Å². The van der Waals surface area contributed by atoms with Gasteiger partial charge < -0.3 is 4.98 Å². The van der Waals surface area contributed by atoms with E-state index in [0.717, 1.165) is 5.56 Å². The number of benzene rings is 2. The molecule has 1 heterocycles. The minimum absolute atomic E-state index is 0.216. The first-order valence-electron chi connectivity index (χ1n) is 7.13. The Balaban J connectivity index is 1.81. The normalized spacial score (nSPS) is 11.3. The quantitative estimate of drug-likeness (QED) is 0.797. The van der Waals surface area contributed by atoms with Crippen molar-refractivity contribution in [3.05, 3.63) is 75.0 Å². The second kappa shape index (κ2) is 6.48. The van der Waals surface area contributed by atoms with Crippen LogP contribution in [0.25, 0.3) is 10.9 Å². The molecule has 118 valence electrons. The van der Waals surface area contributed by atoms with Crippen molar-refractivity contribution in [2.75, 3.05) is 7.05 Å². The van der Waals surface area contributed by atoms with E-state index in [-0.39, 0.29) is 11.4 Å². The van der Waals surface area contributed by atoms with E-state index in [9.17, 15) is 9.18 Å². The summed E-state index contributed by atoms with van der Waals surface area (Å²) in [5.41, 5.74) is 1.25. The number of aromatic nitrogens is 2. The highest BCUT2D eigenvalue weighted by Crippen LogP contribution is 2.15. The molecule has 0 amide bonds. The minimum atomic E-state index is -0.259. The van der Waals surface area contributed by atoms with E-state index in [4.69, 9.17) is 11.6 Å². The zero-order valence-corrected chi connectivity index (χ0v) is 13.3. The third-order valence-corrected chi connectivity index (χ3v) is 3.71. The zero-order chi connectivity index (χ0) is 16.4. The molecular formula is C17H15ClFN3O. The van der Waals surface area contributed by atoms with Crippen LogP contribution in [0.3, 0.4) is 0 Å². The summed E-state index contributed by atoms with van der Waals surface area (Å²) < 4.78 is 13.2. The van der Waals surface area contributed by atoms with Gasteiger partial charge >= 0.3 is 0 Å². The highest BCUT2D eigenvalue weighted by Gasteiger charge is 2.08. The Kier molecular flexibility index (Phi) is 4.41. The van der Waals surface area contributed by atoms with Crippen molar-refractivity contribution in [3.63, 3.8) is 0 Å². The first kappa shape index (κ1) is 15.6. The molecule has 0 atom stereocenters. The molecule has 0 radical (unpaired) electrons. The van der Waals surface area contributed by atoms with E-state index >= 15 is 0 Å². The van der Waals surface area contributed by atoms with Crippen LogP contribution < -0.4 is 5.56 Å². The van der Waals surface area contributed by atoms with Crippen LogP contribution in [0, 0.1) is 5.82 Å². The lowest BCUT2D eigenvalue weighted by molar-refractivity contribution is 0.310. The predicted molar refractivity (Wildman–Crippen MR) is 88.9 cm³/mol. The van der Waals surface area contributed by atoms with Crippen molar-refractivity contribution < 1.29 is 4.39 Å². The number of nitrogens with zero attached hydrogens (tertiary/aromatic N) is 2. The summed E-state index contributed by atoms with van der Waals surface area (Å²) in [6.45, 7) is 1.00. The topological polar surface area (TPSA) is 49.0 Å². The van der Waals surface area contributed by atoms with Crippen molar-refractivity contribution in [1.29, 1.82) is 0 Å². The fourth-order valence-electron chi connectivity index (χ4n) is 2.49. The Bertz CT molecular complexity index is 910. The van der Waals surface area contributed by atoms with Crippen molar-refractivity contribution in [2.24, 2.45) is 0 Å². The molecule has 0 bridgehead atoms. The predicted octanol–water partition coefficient (Wildman–Crippen LogP) is 3.35. The molecular weight excluding hydrogens is 317 g/mol. The number of hydrogen-bond acceptors (Lipinski definition) is 3. The van der Waals surface area contributed by atoms with Crippen LogP contribution in [0.2, 0.25) is 5.02 Å². The smallest absolute Gasteiger partial charge is 0.258 e. The minimum Gasteiger partial charge on any atom is -0.309 e. The van der Waals surface area contributed by atoms with Crippen LogP contribution in [0.5, 0.6) is 0 Å². The van der Waals surface area contributed by atoms with Crippen LogP contribution in [0.1, 0.15) is 11.4 Å². The number of halogens is 2. The van der Waals surface area contributed by atoms with Gasteiger partial charge in [-0.05, 0) is 42.9 Å². The lowest BCUT2D eigenvalue weighted by Crippen LogP contribution is -2.21. The molecule has 3 aromatic rings. The molecule has 23 heavy (non-hydrogen) atoms. The Labute approximate surface area is 137 Å². The SMILES string of the molecule is CN(Cc1cccc(F)c1)Cc1nc2ccc(Cl)cc2c(=O)[nH]1. The lowest BCUT2D eigenvalue weighted by Gasteiger charge is -2.16. The molecule has 0 fully saturated rings. The monoisotopic (exact) mass is 331 g/mol. The van der Waals surface area contributed by atoms with E-state index < -0.39 is 0 Å². The number of rotatable bonds is 4. The van der Waals surface area contributed by atoms with Gasteiger partial charge in [0.25, 0.3) is 5.56 Å². The Morgan fingerprint density at radius 3 is 2.83 bits per heavy atom. The fourth-order valence-corrected chi connectivity index (χ4v) is 2.66. The lowest BCUT2D eigenvalue weighted by atomic mass is 10.2. The number of aromatic amines is 1. The molecule has 3 rings (SSSR count). The zero-order valence-electron chi connectivity index (χ0n) is 12.5. The summed E-state index contributed by atoms with van der Waals surface area (Å²) in [7, 11) is 1.89. The highest BCUT2D eigenvalue weighted by molar-refractivity contribution is 6.31. The van der Waals surface area contributed by atoms with E-state index in [2.05, 4.69) is 9.97 Å². The molecule has 0 saturated carbocycles. The van der Waals surface area contributed by atoms with Gasteiger partial charge in [0.05, 0.1) is 17.4 Å². The Hall–Kier alpha value is -2.24. The van der Waals surface area contributed by atoms with Crippen molar-refractivity contribution in [1.82, 2.24) is 14.9 Å². The van der Waals surface area contributed by atoms with E-state index in [0.29, 0.717) is 34.8 Å². The van der Waals surface area contributed by atoms with Crippen molar-refractivity contribution in [3.8, 4) is 0 Å². The van der Waals surface area contributed by atoms with Crippen molar-refractivity contribution >= 4 is 22.5 Å². The average molecular weight is 332 g/mol. The fraction of sp³-hybridized carbons (Fsp3) is 0.176. The maximum absolute atomic E-state index is 13.2. The summed E-state index contributed by atoms with van der Waals surface area (Å²) in [5.74, 6) is 0.300. The van der Waals surface area contributed by atoms with Crippen LogP contribution in [0.4, 0.5) is 4.39 Å². The van der Waals surface area contributed by atoms with E-state index in [1.165, 1.54) is 12.1 Å². The maximum atomic E-state index is 13.2.